The lowest BCUT2D eigenvalue weighted by Gasteiger charge is -2.12. The summed E-state index contributed by atoms with van der Waals surface area (Å²) in [7, 11) is 0. The van der Waals surface area contributed by atoms with E-state index in [1.54, 1.807) is 12.1 Å². The van der Waals surface area contributed by atoms with Crippen LogP contribution in [0.3, 0.4) is 0 Å². The van der Waals surface area contributed by atoms with E-state index in [4.69, 9.17) is 34.3 Å². The van der Waals surface area contributed by atoms with Gasteiger partial charge in [0.05, 0.1) is 10.6 Å². The van der Waals surface area contributed by atoms with Crippen LogP contribution in [-0.2, 0) is 0 Å². The summed E-state index contributed by atoms with van der Waals surface area (Å²) in [5.74, 6) is 0.434. The van der Waals surface area contributed by atoms with Crippen molar-refractivity contribution in [3.8, 4) is 11.5 Å². The Morgan fingerprint density at radius 1 is 1.21 bits per heavy atom. The normalized spacial score (nSPS) is 10.3. The van der Waals surface area contributed by atoms with E-state index in [1.807, 2.05) is 13.0 Å². The molecule has 0 unspecified atom stereocenters. The third-order valence-corrected chi connectivity index (χ3v) is 3.03. The zero-order valence-corrected chi connectivity index (χ0v) is 11.7. The number of aryl methyl sites for hydroxylation is 1. The first kappa shape index (κ1) is 13.8. The fourth-order valence-corrected chi connectivity index (χ4v) is 1.97. The predicted molar refractivity (Wildman–Crippen MR) is 78.6 cm³/mol. The highest BCUT2D eigenvalue weighted by atomic mass is 35.5. The van der Waals surface area contributed by atoms with Gasteiger partial charge in [-0.2, -0.15) is 0 Å². The molecule has 2 aromatic carbocycles. The molecule has 0 radical (unpaired) electrons. The number of hydrogen-bond acceptors (Lipinski definition) is 2. The van der Waals surface area contributed by atoms with Crippen LogP contribution < -0.4 is 10.5 Å². The molecule has 0 aliphatic rings. The van der Waals surface area contributed by atoms with Crippen LogP contribution in [0.4, 0.5) is 4.39 Å². The predicted octanol–water partition coefficient (Wildman–Crippen LogP) is 4.21. The second-order valence-corrected chi connectivity index (χ2v) is 4.89. The minimum atomic E-state index is -0.420. The quantitative estimate of drug-likeness (QED) is 0.861. The highest BCUT2D eigenvalue weighted by Crippen LogP contribution is 2.32. The maximum atomic E-state index is 13.0. The van der Waals surface area contributed by atoms with Crippen molar-refractivity contribution in [2.45, 2.75) is 6.92 Å². The number of rotatable bonds is 3. The standard InChI is InChI=1S/C14H11ClFNOS/c1-8-2-4-10(14(17)19)13(6-8)18-12-5-3-9(16)7-11(12)15/h2-7H,1H3,(H2,17,19). The minimum Gasteiger partial charge on any atom is -0.455 e. The Hall–Kier alpha value is -1.65. The summed E-state index contributed by atoms with van der Waals surface area (Å²) in [6.45, 7) is 1.92. The van der Waals surface area contributed by atoms with Gasteiger partial charge in [0.1, 0.15) is 22.3 Å². The Kier molecular flexibility index (Phi) is 4.02. The molecule has 0 saturated carbocycles. The van der Waals surface area contributed by atoms with Gasteiger partial charge in [-0.05, 0) is 42.8 Å². The van der Waals surface area contributed by atoms with Gasteiger partial charge in [0.15, 0.2) is 0 Å². The van der Waals surface area contributed by atoms with Crippen molar-refractivity contribution in [2.24, 2.45) is 5.73 Å². The molecular formula is C14H11ClFNOS. The van der Waals surface area contributed by atoms with Crippen LogP contribution in [0, 0.1) is 12.7 Å². The number of halogens is 2. The smallest absolute Gasteiger partial charge is 0.146 e. The van der Waals surface area contributed by atoms with Gasteiger partial charge in [-0.1, -0.05) is 29.9 Å². The molecule has 0 fully saturated rings. The van der Waals surface area contributed by atoms with Crippen molar-refractivity contribution in [1.29, 1.82) is 0 Å². The molecule has 0 aliphatic heterocycles. The molecule has 0 spiro atoms. The van der Waals surface area contributed by atoms with Crippen LogP contribution in [0.15, 0.2) is 36.4 Å². The highest BCUT2D eigenvalue weighted by Gasteiger charge is 2.10. The third-order valence-electron chi connectivity index (χ3n) is 2.52. The molecule has 0 heterocycles. The summed E-state index contributed by atoms with van der Waals surface area (Å²) >= 11 is 10.9. The lowest BCUT2D eigenvalue weighted by Crippen LogP contribution is -2.10. The van der Waals surface area contributed by atoms with E-state index in [0.29, 0.717) is 17.1 Å². The number of ether oxygens (including phenoxy) is 1. The van der Waals surface area contributed by atoms with Crippen LogP contribution >= 0.6 is 23.8 Å². The first-order chi connectivity index (χ1) is 8.97. The van der Waals surface area contributed by atoms with E-state index >= 15 is 0 Å². The number of hydrogen-bond donors (Lipinski definition) is 1. The van der Waals surface area contributed by atoms with E-state index in [-0.39, 0.29) is 10.0 Å². The van der Waals surface area contributed by atoms with Crippen molar-refractivity contribution in [2.75, 3.05) is 0 Å². The van der Waals surface area contributed by atoms with Gasteiger partial charge in [0, 0.05) is 0 Å². The topological polar surface area (TPSA) is 35.2 Å². The van der Waals surface area contributed by atoms with Gasteiger partial charge < -0.3 is 10.5 Å². The van der Waals surface area contributed by atoms with Crippen molar-refractivity contribution in [1.82, 2.24) is 0 Å². The van der Waals surface area contributed by atoms with Crippen molar-refractivity contribution in [3.63, 3.8) is 0 Å². The Labute approximate surface area is 120 Å². The maximum absolute atomic E-state index is 13.0. The van der Waals surface area contributed by atoms with E-state index in [1.165, 1.54) is 18.2 Å². The lowest BCUT2D eigenvalue weighted by molar-refractivity contribution is 0.479. The molecule has 0 atom stereocenters. The van der Waals surface area contributed by atoms with Crippen molar-refractivity contribution >= 4 is 28.8 Å². The second-order valence-electron chi connectivity index (χ2n) is 4.04. The fraction of sp³-hybridized carbons (Fsp3) is 0.0714. The van der Waals surface area contributed by atoms with Gasteiger partial charge in [-0.15, -0.1) is 0 Å². The van der Waals surface area contributed by atoms with E-state index in [9.17, 15) is 4.39 Å². The molecule has 0 aromatic heterocycles. The highest BCUT2D eigenvalue weighted by molar-refractivity contribution is 7.80. The molecule has 2 rings (SSSR count). The number of benzene rings is 2. The van der Waals surface area contributed by atoms with E-state index in [2.05, 4.69) is 0 Å². The Morgan fingerprint density at radius 3 is 2.58 bits per heavy atom. The molecule has 2 N–H and O–H groups in total. The lowest BCUT2D eigenvalue weighted by atomic mass is 10.1. The second kappa shape index (κ2) is 5.55. The summed E-state index contributed by atoms with van der Waals surface area (Å²) in [6, 6.07) is 9.39. The summed E-state index contributed by atoms with van der Waals surface area (Å²) < 4.78 is 18.6. The fourth-order valence-electron chi connectivity index (χ4n) is 1.59. The summed E-state index contributed by atoms with van der Waals surface area (Å²) in [4.78, 5) is 0.230. The molecule has 2 nitrogen and oxygen atoms in total. The number of thiocarbonyl (C=S) groups is 1. The zero-order valence-electron chi connectivity index (χ0n) is 10.1. The first-order valence-electron chi connectivity index (χ1n) is 5.51. The molecule has 19 heavy (non-hydrogen) atoms. The van der Waals surface area contributed by atoms with E-state index < -0.39 is 5.82 Å². The van der Waals surface area contributed by atoms with E-state index in [0.717, 1.165) is 5.56 Å². The van der Waals surface area contributed by atoms with Gasteiger partial charge in [-0.3, -0.25) is 0 Å². The zero-order chi connectivity index (χ0) is 14.0. The molecule has 5 heteroatoms. The van der Waals surface area contributed by atoms with Gasteiger partial charge in [-0.25, -0.2) is 4.39 Å². The monoisotopic (exact) mass is 295 g/mol. The molecule has 98 valence electrons. The largest absolute Gasteiger partial charge is 0.455 e. The van der Waals surface area contributed by atoms with Gasteiger partial charge >= 0.3 is 0 Å². The molecule has 0 bridgehead atoms. The maximum Gasteiger partial charge on any atom is 0.146 e. The Bertz CT molecular complexity index is 645. The Balaban J connectivity index is 2.42. The molecule has 0 amide bonds. The van der Waals surface area contributed by atoms with Gasteiger partial charge in [0.2, 0.25) is 0 Å². The molecule has 2 aromatic rings. The molecule has 0 aliphatic carbocycles. The summed E-state index contributed by atoms with van der Waals surface area (Å²) in [6.07, 6.45) is 0. The van der Waals surface area contributed by atoms with Gasteiger partial charge in [0.25, 0.3) is 0 Å². The van der Waals surface area contributed by atoms with Crippen LogP contribution in [0.25, 0.3) is 0 Å². The first-order valence-corrected chi connectivity index (χ1v) is 6.29. The van der Waals surface area contributed by atoms with Crippen LogP contribution in [0.1, 0.15) is 11.1 Å². The average Bonchev–Trinajstić information content (AvgIpc) is 2.32. The minimum absolute atomic E-state index is 0.190. The van der Waals surface area contributed by atoms with Crippen molar-refractivity contribution < 1.29 is 9.13 Å². The molecule has 0 saturated heterocycles. The van der Waals surface area contributed by atoms with Crippen LogP contribution in [0.5, 0.6) is 11.5 Å². The van der Waals surface area contributed by atoms with Crippen LogP contribution in [0.2, 0.25) is 5.02 Å². The van der Waals surface area contributed by atoms with Crippen LogP contribution in [-0.4, -0.2) is 4.99 Å². The SMILES string of the molecule is Cc1ccc(C(N)=S)c(Oc2ccc(F)cc2Cl)c1. The average molecular weight is 296 g/mol. The van der Waals surface area contributed by atoms with Crippen molar-refractivity contribution in [3.05, 3.63) is 58.4 Å². The number of nitrogens with two attached hydrogens (primary N) is 1. The Morgan fingerprint density at radius 2 is 1.95 bits per heavy atom. The molecular weight excluding hydrogens is 285 g/mol. The third kappa shape index (κ3) is 3.22. The summed E-state index contributed by atoms with van der Waals surface area (Å²) in [5, 5.41) is 0.190. The summed E-state index contributed by atoms with van der Waals surface area (Å²) in [5.41, 5.74) is 7.24.